The van der Waals surface area contributed by atoms with Gasteiger partial charge in [0.25, 0.3) is 10.1 Å². The third-order valence-electron chi connectivity index (χ3n) is 5.41. The largest absolute Gasteiger partial charge is 0.416 e. The molecule has 4 aromatic rings. The minimum absolute atomic E-state index is 0.0224. The fourth-order valence-electron chi connectivity index (χ4n) is 3.73. The topological polar surface area (TPSA) is 101 Å². The Morgan fingerprint density at radius 3 is 2.38 bits per heavy atom. The summed E-state index contributed by atoms with van der Waals surface area (Å²) in [5, 5.41) is 3.90. The molecule has 4 rings (SSSR count). The second kappa shape index (κ2) is 10.4. The van der Waals surface area contributed by atoms with Crippen molar-refractivity contribution in [2.75, 3.05) is 0 Å². The van der Waals surface area contributed by atoms with E-state index < -0.39 is 32.7 Å². The monoisotopic (exact) mass is 527 g/mol. The molecule has 0 saturated heterocycles. The smallest absolute Gasteiger partial charge is 0.324 e. The van der Waals surface area contributed by atoms with Crippen LogP contribution in [0.2, 0.25) is 0 Å². The number of hydrogen-bond donors (Lipinski definition) is 2. The fourth-order valence-corrected chi connectivity index (χ4v) is 4.42. The zero-order chi connectivity index (χ0) is 26.6. The SMILES string of the molecule is O=C(Cc1cccc(-n2cccc2)c1)NN=Cc1ccccc1-c1cc(C(F)(F)F)ccc1S(=O)(=O)O. The predicted octanol–water partition coefficient (Wildman–Crippen LogP) is 5.10. The van der Waals surface area contributed by atoms with Crippen molar-refractivity contribution in [1.29, 1.82) is 0 Å². The lowest BCUT2D eigenvalue weighted by molar-refractivity contribution is -0.137. The Labute approximate surface area is 210 Å². The Bertz CT molecular complexity index is 1560. The lowest BCUT2D eigenvalue weighted by Crippen LogP contribution is -2.19. The summed E-state index contributed by atoms with van der Waals surface area (Å²) in [6.45, 7) is 0. The van der Waals surface area contributed by atoms with Gasteiger partial charge in [0.1, 0.15) is 4.90 Å². The second-order valence-electron chi connectivity index (χ2n) is 8.00. The van der Waals surface area contributed by atoms with E-state index in [0.29, 0.717) is 18.2 Å². The fraction of sp³-hybridized carbons (Fsp3) is 0.0769. The van der Waals surface area contributed by atoms with Crippen molar-refractivity contribution in [3.05, 3.63) is 108 Å². The average molecular weight is 528 g/mol. The number of carbonyl (C=O) groups excluding carboxylic acids is 1. The van der Waals surface area contributed by atoms with Gasteiger partial charge in [-0.1, -0.05) is 36.4 Å². The van der Waals surface area contributed by atoms with Gasteiger partial charge in [0.15, 0.2) is 0 Å². The highest BCUT2D eigenvalue weighted by Crippen LogP contribution is 2.36. The number of amides is 1. The molecule has 0 spiro atoms. The number of alkyl halides is 3. The van der Waals surface area contributed by atoms with Crippen LogP contribution in [0, 0.1) is 0 Å². The first-order valence-corrected chi connectivity index (χ1v) is 12.3. The van der Waals surface area contributed by atoms with Gasteiger partial charge in [-0.3, -0.25) is 9.35 Å². The Balaban J connectivity index is 1.57. The number of nitrogens with one attached hydrogen (secondary N) is 1. The van der Waals surface area contributed by atoms with Crippen LogP contribution >= 0.6 is 0 Å². The molecular weight excluding hydrogens is 507 g/mol. The van der Waals surface area contributed by atoms with Gasteiger partial charge in [-0.2, -0.15) is 26.7 Å². The summed E-state index contributed by atoms with van der Waals surface area (Å²) < 4.78 is 75.1. The summed E-state index contributed by atoms with van der Waals surface area (Å²) in [6, 6.07) is 19.0. The van der Waals surface area contributed by atoms with Crippen LogP contribution < -0.4 is 5.43 Å². The van der Waals surface area contributed by atoms with E-state index in [1.54, 1.807) is 12.1 Å². The maximum Gasteiger partial charge on any atom is 0.416 e. The quantitative estimate of drug-likeness (QED) is 0.198. The van der Waals surface area contributed by atoms with Crippen LogP contribution in [0.5, 0.6) is 0 Å². The van der Waals surface area contributed by atoms with Crippen molar-refractivity contribution < 1.29 is 30.9 Å². The lowest BCUT2D eigenvalue weighted by Gasteiger charge is -2.14. The highest BCUT2D eigenvalue weighted by Gasteiger charge is 2.32. The van der Waals surface area contributed by atoms with Crippen molar-refractivity contribution in [3.8, 4) is 16.8 Å². The number of nitrogens with zero attached hydrogens (tertiary/aromatic N) is 2. The van der Waals surface area contributed by atoms with E-state index >= 15 is 0 Å². The van der Waals surface area contributed by atoms with Gasteiger partial charge >= 0.3 is 6.18 Å². The Hall–Kier alpha value is -4.22. The minimum atomic E-state index is -4.83. The van der Waals surface area contributed by atoms with Crippen LogP contribution in [0.4, 0.5) is 13.2 Å². The highest BCUT2D eigenvalue weighted by atomic mass is 32.2. The first kappa shape index (κ1) is 25.9. The molecule has 3 aromatic carbocycles. The molecular formula is C26H20F3N3O4S. The molecule has 0 aliphatic carbocycles. The van der Waals surface area contributed by atoms with Crippen molar-refractivity contribution in [3.63, 3.8) is 0 Å². The van der Waals surface area contributed by atoms with Crippen molar-refractivity contribution in [2.45, 2.75) is 17.5 Å². The molecule has 0 fully saturated rings. The first-order chi connectivity index (χ1) is 17.5. The van der Waals surface area contributed by atoms with E-state index in [9.17, 15) is 30.9 Å². The molecule has 1 amide bonds. The third kappa shape index (κ3) is 6.32. The number of aromatic nitrogens is 1. The van der Waals surface area contributed by atoms with Crippen LogP contribution in [0.15, 0.2) is 101 Å². The molecule has 2 N–H and O–H groups in total. The lowest BCUT2D eigenvalue weighted by atomic mass is 9.98. The number of halogens is 3. The average Bonchev–Trinajstić information content (AvgIpc) is 3.38. The Kier molecular flexibility index (Phi) is 7.28. The van der Waals surface area contributed by atoms with E-state index in [4.69, 9.17) is 0 Å². The maximum absolute atomic E-state index is 13.3. The molecule has 0 atom stereocenters. The van der Waals surface area contributed by atoms with Gasteiger partial charge in [0.05, 0.1) is 18.2 Å². The van der Waals surface area contributed by atoms with Crippen LogP contribution in [0.1, 0.15) is 16.7 Å². The summed E-state index contributed by atoms with van der Waals surface area (Å²) in [5.74, 6) is -0.434. The van der Waals surface area contributed by atoms with E-state index in [-0.39, 0.29) is 23.1 Å². The molecule has 1 heterocycles. The Morgan fingerprint density at radius 2 is 1.68 bits per heavy atom. The maximum atomic E-state index is 13.3. The van der Waals surface area contributed by atoms with Gasteiger partial charge in [-0.25, -0.2) is 5.43 Å². The highest BCUT2D eigenvalue weighted by molar-refractivity contribution is 7.86. The number of rotatable bonds is 7. The zero-order valence-corrected chi connectivity index (χ0v) is 19.9. The van der Waals surface area contributed by atoms with E-state index in [2.05, 4.69) is 10.5 Å². The number of hydrazone groups is 1. The molecule has 0 saturated carbocycles. The molecule has 7 nitrogen and oxygen atoms in total. The minimum Gasteiger partial charge on any atom is -0.324 e. The predicted molar refractivity (Wildman–Crippen MR) is 132 cm³/mol. The summed E-state index contributed by atoms with van der Waals surface area (Å²) in [6.07, 6.45) is 0.228. The third-order valence-corrected chi connectivity index (χ3v) is 6.32. The molecule has 37 heavy (non-hydrogen) atoms. The molecule has 0 radical (unpaired) electrons. The first-order valence-electron chi connectivity index (χ1n) is 10.8. The second-order valence-corrected chi connectivity index (χ2v) is 9.39. The number of carbonyl (C=O) groups is 1. The van der Waals surface area contributed by atoms with Gasteiger partial charge in [-0.15, -0.1) is 0 Å². The van der Waals surface area contributed by atoms with Gasteiger partial charge in [0.2, 0.25) is 5.91 Å². The molecule has 0 unspecified atom stereocenters. The van der Waals surface area contributed by atoms with Crippen LogP contribution in [-0.4, -0.2) is 29.7 Å². The molecule has 1 aromatic heterocycles. The summed E-state index contributed by atoms with van der Waals surface area (Å²) >= 11 is 0. The van der Waals surface area contributed by atoms with Crippen molar-refractivity contribution >= 4 is 22.2 Å². The molecule has 11 heteroatoms. The summed E-state index contributed by atoms with van der Waals surface area (Å²) in [4.78, 5) is 11.7. The van der Waals surface area contributed by atoms with Crippen molar-refractivity contribution in [2.24, 2.45) is 5.10 Å². The Morgan fingerprint density at radius 1 is 0.946 bits per heavy atom. The molecule has 0 aliphatic heterocycles. The van der Waals surface area contributed by atoms with E-state index in [1.807, 2.05) is 47.3 Å². The standard InChI is InChI=1S/C26H20F3N3O4S/c27-26(28,29)20-10-11-24(37(34,35)36)23(16-20)22-9-2-1-7-19(22)17-30-31-25(33)15-18-6-5-8-21(14-18)32-12-3-4-13-32/h1-14,16-17H,15H2,(H,31,33)(H,34,35,36). The normalized spacial score (nSPS) is 12.1. The van der Waals surface area contributed by atoms with Crippen LogP contribution in [0.25, 0.3) is 16.8 Å². The van der Waals surface area contributed by atoms with Gasteiger partial charge in [0, 0.05) is 29.2 Å². The van der Waals surface area contributed by atoms with E-state index in [0.717, 1.165) is 11.3 Å². The molecule has 0 bridgehead atoms. The van der Waals surface area contributed by atoms with Crippen LogP contribution in [0.3, 0.4) is 0 Å². The number of benzene rings is 3. The van der Waals surface area contributed by atoms with Crippen LogP contribution in [-0.2, 0) is 27.5 Å². The number of hydrogen-bond acceptors (Lipinski definition) is 4. The zero-order valence-electron chi connectivity index (χ0n) is 19.1. The summed E-state index contributed by atoms with van der Waals surface area (Å²) in [5.41, 5.74) is 2.84. The van der Waals surface area contributed by atoms with Gasteiger partial charge < -0.3 is 4.57 Å². The summed E-state index contributed by atoms with van der Waals surface area (Å²) in [7, 11) is -4.83. The van der Waals surface area contributed by atoms with Crippen molar-refractivity contribution in [1.82, 2.24) is 9.99 Å². The molecule has 0 aliphatic rings. The van der Waals surface area contributed by atoms with Gasteiger partial charge in [-0.05, 0) is 53.6 Å². The molecule has 190 valence electrons. The van der Waals surface area contributed by atoms with E-state index in [1.165, 1.54) is 24.4 Å².